The SMILES string of the molecule is O=C(NCCF)NC1CCCc2c(Cl)cccc21. The lowest BCUT2D eigenvalue weighted by atomic mass is 9.88. The number of carbonyl (C=O) groups is 1. The fourth-order valence-corrected chi connectivity index (χ4v) is 2.60. The van der Waals surface area contributed by atoms with Gasteiger partial charge in [0.2, 0.25) is 0 Å². The molecule has 0 aromatic heterocycles. The first-order chi connectivity index (χ1) is 8.72. The van der Waals surface area contributed by atoms with E-state index in [4.69, 9.17) is 11.6 Å². The molecule has 5 heteroatoms. The third kappa shape index (κ3) is 2.93. The second-order valence-corrected chi connectivity index (χ2v) is 4.75. The lowest BCUT2D eigenvalue weighted by molar-refractivity contribution is 0.234. The summed E-state index contributed by atoms with van der Waals surface area (Å²) in [6.07, 6.45) is 2.82. The average Bonchev–Trinajstić information content (AvgIpc) is 2.38. The molecule has 3 nitrogen and oxygen atoms in total. The Morgan fingerprint density at radius 1 is 1.50 bits per heavy atom. The van der Waals surface area contributed by atoms with Gasteiger partial charge in [0.1, 0.15) is 6.67 Å². The van der Waals surface area contributed by atoms with Crippen LogP contribution in [0.25, 0.3) is 0 Å². The number of benzene rings is 1. The van der Waals surface area contributed by atoms with Gasteiger partial charge in [-0.1, -0.05) is 23.7 Å². The smallest absolute Gasteiger partial charge is 0.315 e. The average molecular weight is 271 g/mol. The molecular weight excluding hydrogens is 255 g/mol. The number of carbonyl (C=O) groups excluding carboxylic acids is 1. The van der Waals surface area contributed by atoms with E-state index in [9.17, 15) is 9.18 Å². The molecule has 98 valence electrons. The highest BCUT2D eigenvalue weighted by molar-refractivity contribution is 6.31. The highest BCUT2D eigenvalue weighted by Crippen LogP contribution is 2.33. The zero-order valence-electron chi connectivity index (χ0n) is 10.0. The minimum atomic E-state index is -0.555. The Morgan fingerprint density at radius 2 is 2.33 bits per heavy atom. The Bertz CT molecular complexity index is 439. The number of amides is 2. The molecular formula is C13H16ClFN2O. The predicted molar refractivity (Wildman–Crippen MR) is 69.6 cm³/mol. The number of alkyl halides is 1. The van der Waals surface area contributed by atoms with Gasteiger partial charge in [0.05, 0.1) is 6.04 Å². The first-order valence-electron chi connectivity index (χ1n) is 6.10. The van der Waals surface area contributed by atoms with Crippen LogP contribution in [0, 0.1) is 0 Å². The maximum absolute atomic E-state index is 12.0. The van der Waals surface area contributed by atoms with Crippen LogP contribution >= 0.6 is 11.6 Å². The fourth-order valence-electron chi connectivity index (χ4n) is 2.32. The molecule has 2 rings (SSSR count). The summed E-state index contributed by atoms with van der Waals surface area (Å²) in [5, 5.41) is 6.08. The summed E-state index contributed by atoms with van der Waals surface area (Å²) < 4.78 is 12.0. The summed E-state index contributed by atoms with van der Waals surface area (Å²) in [5.74, 6) is 0. The van der Waals surface area contributed by atoms with Crippen LogP contribution in [0.5, 0.6) is 0 Å². The van der Waals surface area contributed by atoms with Gasteiger partial charge in [0.25, 0.3) is 0 Å². The Balaban J connectivity index is 2.08. The number of rotatable bonds is 3. The van der Waals surface area contributed by atoms with E-state index in [2.05, 4.69) is 10.6 Å². The van der Waals surface area contributed by atoms with E-state index in [0.717, 1.165) is 35.4 Å². The van der Waals surface area contributed by atoms with Crippen LogP contribution in [0.15, 0.2) is 18.2 Å². The normalized spacial score (nSPS) is 18.0. The lowest BCUT2D eigenvalue weighted by Crippen LogP contribution is -2.39. The molecule has 0 saturated heterocycles. The molecule has 1 aromatic rings. The van der Waals surface area contributed by atoms with Gasteiger partial charge in [-0.2, -0.15) is 0 Å². The zero-order chi connectivity index (χ0) is 13.0. The van der Waals surface area contributed by atoms with E-state index < -0.39 is 6.67 Å². The number of urea groups is 1. The van der Waals surface area contributed by atoms with Crippen LogP contribution in [0.4, 0.5) is 9.18 Å². The van der Waals surface area contributed by atoms with E-state index in [-0.39, 0.29) is 18.6 Å². The van der Waals surface area contributed by atoms with Gasteiger partial charge in [-0.3, -0.25) is 0 Å². The van der Waals surface area contributed by atoms with Crippen LogP contribution in [0.2, 0.25) is 5.02 Å². The quantitative estimate of drug-likeness (QED) is 0.871. The van der Waals surface area contributed by atoms with Crippen LogP contribution < -0.4 is 10.6 Å². The number of hydrogen-bond acceptors (Lipinski definition) is 1. The molecule has 1 unspecified atom stereocenters. The van der Waals surface area contributed by atoms with E-state index >= 15 is 0 Å². The minimum Gasteiger partial charge on any atom is -0.336 e. The number of hydrogen-bond donors (Lipinski definition) is 2. The summed E-state index contributed by atoms with van der Waals surface area (Å²) in [6.45, 7) is -0.512. The van der Waals surface area contributed by atoms with Gasteiger partial charge >= 0.3 is 6.03 Å². The van der Waals surface area contributed by atoms with E-state index in [0.29, 0.717) is 0 Å². The maximum Gasteiger partial charge on any atom is 0.315 e. The van der Waals surface area contributed by atoms with E-state index in [1.165, 1.54) is 0 Å². The van der Waals surface area contributed by atoms with Gasteiger partial charge in [-0.15, -0.1) is 0 Å². The first kappa shape index (κ1) is 13.1. The molecule has 0 radical (unpaired) electrons. The Morgan fingerprint density at radius 3 is 3.11 bits per heavy atom. The van der Waals surface area contributed by atoms with Gasteiger partial charge in [-0.25, -0.2) is 9.18 Å². The van der Waals surface area contributed by atoms with Crippen molar-refractivity contribution in [1.82, 2.24) is 10.6 Å². The minimum absolute atomic E-state index is 0.0351. The van der Waals surface area contributed by atoms with Crippen molar-refractivity contribution in [1.29, 1.82) is 0 Å². The maximum atomic E-state index is 12.0. The number of halogens is 2. The van der Waals surface area contributed by atoms with Crippen molar-refractivity contribution < 1.29 is 9.18 Å². The molecule has 0 heterocycles. The van der Waals surface area contributed by atoms with Crippen molar-refractivity contribution >= 4 is 17.6 Å². The van der Waals surface area contributed by atoms with E-state index in [1.54, 1.807) is 0 Å². The number of nitrogens with one attached hydrogen (secondary N) is 2. The van der Waals surface area contributed by atoms with Gasteiger partial charge in [0, 0.05) is 11.6 Å². The first-order valence-corrected chi connectivity index (χ1v) is 6.48. The highest BCUT2D eigenvalue weighted by atomic mass is 35.5. The second-order valence-electron chi connectivity index (χ2n) is 4.34. The summed E-state index contributed by atoms with van der Waals surface area (Å²) in [7, 11) is 0. The number of fused-ring (bicyclic) bond motifs is 1. The highest BCUT2D eigenvalue weighted by Gasteiger charge is 2.22. The van der Waals surface area contributed by atoms with Gasteiger partial charge in [-0.05, 0) is 36.5 Å². The van der Waals surface area contributed by atoms with Gasteiger partial charge in [0.15, 0.2) is 0 Å². The topological polar surface area (TPSA) is 41.1 Å². The van der Waals surface area contributed by atoms with Crippen molar-refractivity contribution in [3.8, 4) is 0 Å². The summed E-state index contributed by atoms with van der Waals surface area (Å²) >= 11 is 6.15. The monoisotopic (exact) mass is 270 g/mol. The van der Waals surface area contributed by atoms with Crippen molar-refractivity contribution in [2.24, 2.45) is 0 Å². The van der Waals surface area contributed by atoms with Crippen molar-refractivity contribution in [3.05, 3.63) is 34.3 Å². The zero-order valence-corrected chi connectivity index (χ0v) is 10.8. The molecule has 2 N–H and O–H groups in total. The fraction of sp³-hybridized carbons (Fsp3) is 0.462. The summed E-state index contributed by atoms with van der Waals surface area (Å²) in [4.78, 5) is 11.5. The molecule has 1 aromatic carbocycles. The molecule has 18 heavy (non-hydrogen) atoms. The molecule has 2 amide bonds. The summed E-state index contributed by atoms with van der Waals surface area (Å²) in [6, 6.07) is 5.38. The molecule has 1 aliphatic rings. The van der Waals surface area contributed by atoms with Crippen molar-refractivity contribution in [2.45, 2.75) is 25.3 Å². The van der Waals surface area contributed by atoms with Crippen LogP contribution in [0.1, 0.15) is 30.0 Å². The molecule has 0 aliphatic heterocycles. The van der Waals surface area contributed by atoms with Crippen LogP contribution in [-0.2, 0) is 6.42 Å². The standard InChI is InChI=1S/C13H16ClFN2O/c14-11-5-1-4-10-9(11)3-2-6-12(10)17-13(18)16-8-7-15/h1,4-5,12H,2-3,6-8H2,(H2,16,17,18). The van der Waals surface area contributed by atoms with Crippen molar-refractivity contribution in [2.75, 3.05) is 13.2 Å². The lowest BCUT2D eigenvalue weighted by Gasteiger charge is -2.27. The Kier molecular flexibility index (Phi) is 4.42. The largest absolute Gasteiger partial charge is 0.336 e. The summed E-state index contributed by atoms with van der Waals surface area (Å²) in [5.41, 5.74) is 2.19. The van der Waals surface area contributed by atoms with Crippen molar-refractivity contribution in [3.63, 3.8) is 0 Å². The Labute approximate surface area is 111 Å². The second kappa shape index (κ2) is 6.05. The van der Waals surface area contributed by atoms with E-state index in [1.807, 2.05) is 18.2 Å². The molecule has 0 bridgehead atoms. The molecule has 1 atom stereocenters. The predicted octanol–water partition coefficient (Wildman–Crippen LogP) is 2.99. The molecule has 0 spiro atoms. The molecule has 0 saturated carbocycles. The third-order valence-corrected chi connectivity index (χ3v) is 3.49. The molecule has 0 fully saturated rings. The Hall–Kier alpha value is -1.29. The third-order valence-electron chi connectivity index (χ3n) is 3.14. The van der Waals surface area contributed by atoms with Crippen LogP contribution in [0.3, 0.4) is 0 Å². The van der Waals surface area contributed by atoms with Gasteiger partial charge < -0.3 is 10.6 Å². The van der Waals surface area contributed by atoms with Crippen LogP contribution in [-0.4, -0.2) is 19.3 Å². The molecule has 1 aliphatic carbocycles.